The van der Waals surface area contributed by atoms with Gasteiger partial charge < -0.3 is 10.1 Å². The average molecular weight is 276 g/mol. The normalized spacial score (nSPS) is 25.6. The quantitative estimate of drug-likeness (QED) is 0.915. The van der Waals surface area contributed by atoms with Crippen molar-refractivity contribution in [2.24, 2.45) is 0 Å². The van der Waals surface area contributed by atoms with Crippen LogP contribution in [0.5, 0.6) is 0 Å². The molecule has 0 aromatic heterocycles. The summed E-state index contributed by atoms with van der Waals surface area (Å²) in [4.78, 5) is 2.51. The first kappa shape index (κ1) is 15.5. The van der Waals surface area contributed by atoms with Crippen LogP contribution in [0.4, 0.5) is 0 Å². The Kier molecular flexibility index (Phi) is 5.19. The number of morpholine rings is 1. The van der Waals surface area contributed by atoms with Crippen LogP contribution in [0.15, 0.2) is 18.2 Å². The van der Waals surface area contributed by atoms with Crippen LogP contribution in [0.25, 0.3) is 0 Å². The molecule has 1 saturated heterocycles. The molecule has 2 rings (SSSR count). The van der Waals surface area contributed by atoms with Gasteiger partial charge in [-0.3, -0.25) is 4.90 Å². The summed E-state index contributed by atoms with van der Waals surface area (Å²) in [5.41, 5.74) is 4.06. The fraction of sp³-hybridized carbons (Fsp3) is 0.647. The van der Waals surface area contributed by atoms with E-state index in [9.17, 15) is 0 Å². The van der Waals surface area contributed by atoms with Crippen molar-refractivity contribution in [3.63, 3.8) is 0 Å². The third kappa shape index (κ3) is 4.05. The van der Waals surface area contributed by atoms with Crippen LogP contribution in [0.2, 0.25) is 0 Å². The van der Waals surface area contributed by atoms with Crippen LogP contribution in [0, 0.1) is 13.8 Å². The predicted molar refractivity (Wildman–Crippen MR) is 84.2 cm³/mol. The molecule has 0 radical (unpaired) electrons. The maximum Gasteiger partial charge on any atom is 0.0678 e. The second-order valence-corrected chi connectivity index (χ2v) is 6.24. The van der Waals surface area contributed by atoms with E-state index >= 15 is 0 Å². The van der Waals surface area contributed by atoms with E-state index in [0.717, 1.165) is 19.6 Å². The van der Waals surface area contributed by atoms with E-state index in [2.05, 4.69) is 63.2 Å². The highest BCUT2D eigenvalue weighted by Gasteiger charge is 2.24. The van der Waals surface area contributed by atoms with Gasteiger partial charge in [0.15, 0.2) is 0 Å². The van der Waals surface area contributed by atoms with Gasteiger partial charge in [-0.1, -0.05) is 29.3 Å². The van der Waals surface area contributed by atoms with Crippen molar-refractivity contribution < 1.29 is 4.74 Å². The molecule has 1 aromatic carbocycles. The summed E-state index contributed by atoms with van der Waals surface area (Å²) in [5.74, 6) is 0. The van der Waals surface area contributed by atoms with Gasteiger partial charge in [0.25, 0.3) is 0 Å². The van der Waals surface area contributed by atoms with Crippen molar-refractivity contribution in [2.45, 2.75) is 45.9 Å². The van der Waals surface area contributed by atoms with Gasteiger partial charge in [-0.15, -0.1) is 0 Å². The molecule has 3 heteroatoms. The van der Waals surface area contributed by atoms with E-state index in [1.807, 2.05) is 0 Å². The summed E-state index contributed by atoms with van der Waals surface area (Å²) in [7, 11) is 2.05. The summed E-state index contributed by atoms with van der Waals surface area (Å²) in [6.07, 6.45) is 0.658. The molecule has 0 saturated carbocycles. The van der Waals surface area contributed by atoms with Gasteiger partial charge >= 0.3 is 0 Å². The zero-order valence-corrected chi connectivity index (χ0v) is 13.4. The number of rotatable bonds is 4. The largest absolute Gasteiger partial charge is 0.373 e. The van der Waals surface area contributed by atoms with Crippen molar-refractivity contribution >= 4 is 0 Å². The van der Waals surface area contributed by atoms with Crippen molar-refractivity contribution in [2.75, 3.05) is 26.7 Å². The Morgan fingerprint density at radius 1 is 1.15 bits per heavy atom. The lowest BCUT2D eigenvalue weighted by atomic mass is 10.0. The minimum absolute atomic E-state index is 0.329. The minimum atomic E-state index is 0.329. The van der Waals surface area contributed by atoms with Gasteiger partial charge in [0.2, 0.25) is 0 Å². The maximum absolute atomic E-state index is 5.81. The standard InChI is InChI=1S/C17H28N2O/c1-12-6-13(2)8-16(7-12)17(18-5)11-19-9-14(3)20-15(4)10-19/h6-8,14-15,17-18H,9-11H2,1-5H3/t14-,15+,17?. The molecule has 1 fully saturated rings. The highest BCUT2D eigenvalue weighted by atomic mass is 16.5. The summed E-state index contributed by atoms with van der Waals surface area (Å²) in [5, 5.41) is 3.47. The molecule has 1 heterocycles. The molecule has 20 heavy (non-hydrogen) atoms. The molecular weight excluding hydrogens is 248 g/mol. The minimum Gasteiger partial charge on any atom is -0.373 e. The van der Waals surface area contributed by atoms with Crippen LogP contribution in [0.3, 0.4) is 0 Å². The topological polar surface area (TPSA) is 24.5 Å². The Morgan fingerprint density at radius 3 is 2.20 bits per heavy atom. The number of aryl methyl sites for hydroxylation is 2. The molecular formula is C17H28N2O. The average Bonchev–Trinajstić information content (AvgIpc) is 2.33. The van der Waals surface area contributed by atoms with Gasteiger partial charge in [0, 0.05) is 25.7 Å². The van der Waals surface area contributed by atoms with Crippen LogP contribution >= 0.6 is 0 Å². The van der Waals surface area contributed by atoms with Crippen LogP contribution in [-0.4, -0.2) is 43.8 Å². The smallest absolute Gasteiger partial charge is 0.0678 e. The molecule has 1 aromatic rings. The lowest BCUT2D eigenvalue weighted by Gasteiger charge is -2.37. The Balaban J connectivity index is 2.08. The second-order valence-electron chi connectivity index (χ2n) is 6.24. The Bertz CT molecular complexity index is 416. The zero-order valence-electron chi connectivity index (χ0n) is 13.4. The van der Waals surface area contributed by atoms with Gasteiger partial charge in [-0.25, -0.2) is 0 Å². The van der Waals surface area contributed by atoms with Crippen molar-refractivity contribution in [1.82, 2.24) is 10.2 Å². The first-order chi connectivity index (χ1) is 9.47. The summed E-state index contributed by atoms with van der Waals surface area (Å²) in [6, 6.07) is 7.20. The molecule has 3 nitrogen and oxygen atoms in total. The van der Waals surface area contributed by atoms with E-state index in [1.165, 1.54) is 16.7 Å². The molecule has 1 N–H and O–H groups in total. The van der Waals surface area contributed by atoms with Crippen molar-refractivity contribution in [3.05, 3.63) is 34.9 Å². The molecule has 0 amide bonds. The third-order valence-electron chi connectivity index (χ3n) is 3.93. The summed E-state index contributed by atoms with van der Waals surface area (Å²) < 4.78 is 5.81. The molecule has 0 bridgehead atoms. The van der Waals surface area contributed by atoms with Crippen molar-refractivity contribution in [3.8, 4) is 0 Å². The van der Waals surface area contributed by atoms with E-state index in [0.29, 0.717) is 18.2 Å². The number of hydrogen-bond donors (Lipinski definition) is 1. The maximum atomic E-state index is 5.81. The highest BCUT2D eigenvalue weighted by Crippen LogP contribution is 2.20. The van der Waals surface area contributed by atoms with Crippen LogP contribution in [0.1, 0.15) is 36.6 Å². The monoisotopic (exact) mass is 276 g/mol. The SMILES string of the molecule is CNC(CN1C[C@@H](C)O[C@@H](C)C1)c1cc(C)cc(C)c1. The van der Waals surface area contributed by atoms with E-state index in [-0.39, 0.29) is 0 Å². The molecule has 0 aliphatic carbocycles. The Morgan fingerprint density at radius 2 is 1.70 bits per heavy atom. The number of ether oxygens (including phenoxy) is 1. The predicted octanol–water partition coefficient (Wildman–Crippen LogP) is 2.67. The Labute approximate surface area is 123 Å². The van der Waals surface area contributed by atoms with Gasteiger partial charge in [-0.05, 0) is 40.3 Å². The Hall–Kier alpha value is -0.900. The summed E-state index contributed by atoms with van der Waals surface area (Å²) >= 11 is 0. The van der Waals surface area contributed by atoms with Gasteiger partial charge in [0.05, 0.1) is 12.2 Å². The number of hydrogen-bond acceptors (Lipinski definition) is 3. The van der Waals surface area contributed by atoms with Crippen molar-refractivity contribution in [1.29, 1.82) is 0 Å². The lowest BCUT2D eigenvalue weighted by molar-refractivity contribution is -0.0698. The van der Waals surface area contributed by atoms with Gasteiger partial charge in [-0.2, -0.15) is 0 Å². The van der Waals surface area contributed by atoms with Gasteiger partial charge in [0.1, 0.15) is 0 Å². The number of nitrogens with one attached hydrogen (secondary N) is 1. The number of nitrogens with zero attached hydrogens (tertiary/aromatic N) is 1. The van der Waals surface area contributed by atoms with E-state index < -0.39 is 0 Å². The molecule has 1 aliphatic rings. The molecule has 112 valence electrons. The summed E-state index contributed by atoms with van der Waals surface area (Å²) in [6.45, 7) is 11.7. The second kappa shape index (κ2) is 6.70. The zero-order chi connectivity index (χ0) is 14.7. The van der Waals surface area contributed by atoms with E-state index in [1.54, 1.807) is 0 Å². The fourth-order valence-corrected chi connectivity index (χ4v) is 3.27. The molecule has 1 unspecified atom stereocenters. The number of benzene rings is 1. The lowest BCUT2D eigenvalue weighted by Crippen LogP contribution is -2.48. The third-order valence-corrected chi connectivity index (χ3v) is 3.93. The first-order valence-electron chi connectivity index (χ1n) is 7.61. The molecule has 3 atom stereocenters. The molecule has 1 aliphatic heterocycles. The highest BCUT2D eigenvalue weighted by molar-refractivity contribution is 5.30. The fourth-order valence-electron chi connectivity index (χ4n) is 3.27. The van der Waals surface area contributed by atoms with E-state index in [4.69, 9.17) is 4.74 Å². The first-order valence-corrected chi connectivity index (χ1v) is 7.61. The number of likely N-dealkylation sites (N-methyl/N-ethyl adjacent to an activating group) is 1. The van der Waals surface area contributed by atoms with Crippen LogP contribution < -0.4 is 5.32 Å². The van der Waals surface area contributed by atoms with Crippen LogP contribution in [-0.2, 0) is 4.74 Å². The molecule has 0 spiro atoms.